The average Bonchev–Trinajstić information content (AvgIpc) is 2.73. The van der Waals surface area contributed by atoms with Gasteiger partial charge in [0.15, 0.2) is 0 Å². The molecule has 1 N–H and O–H groups in total. The van der Waals surface area contributed by atoms with Gasteiger partial charge in [0.05, 0.1) is 6.10 Å². The zero-order chi connectivity index (χ0) is 15.8. The summed E-state index contributed by atoms with van der Waals surface area (Å²) in [5, 5.41) is 10.0. The maximum absolute atomic E-state index is 10.0. The lowest BCUT2D eigenvalue weighted by Gasteiger charge is -2.29. The molecule has 0 bridgehead atoms. The van der Waals surface area contributed by atoms with Crippen LogP contribution in [0.3, 0.4) is 0 Å². The Hall–Kier alpha value is -1.02. The van der Waals surface area contributed by atoms with E-state index in [1.807, 2.05) is 0 Å². The van der Waals surface area contributed by atoms with E-state index in [1.54, 1.807) is 0 Å². The van der Waals surface area contributed by atoms with Gasteiger partial charge >= 0.3 is 0 Å². The molecule has 0 unspecified atom stereocenters. The quantitative estimate of drug-likeness (QED) is 0.864. The first-order chi connectivity index (χ1) is 9.59. The van der Waals surface area contributed by atoms with Gasteiger partial charge in [0.1, 0.15) is 11.9 Å². The summed E-state index contributed by atoms with van der Waals surface area (Å²) in [6, 6.07) is 6.52. The van der Waals surface area contributed by atoms with Crippen molar-refractivity contribution in [3.8, 4) is 5.75 Å². The summed E-state index contributed by atoms with van der Waals surface area (Å²) in [7, 11) is 0. The molecule has 0 saturated heterocycles. The number of benzene rings is 1. The summed E-state index contributed by atoms with van der Waals surface area (Å²) in [5.41, 5.74) is 2.71. The van der Waals surface area contributed by atoms with Crippen molar-refractivity contribution in [2.45, 2.75) is 83.8 Å². The maximum atomic E-state index is 10.0. The SMILES string of the molecule is CC(C)(C)c1ccc(O[C@H]2CCC[C@@H]2O)c(C(C)(C)C)c1. The molecule has 0 aromatic heterocycles. The highest BCUT2D eigenvalue weighted by atomic mass is 16.5. The first kappa shape index (κ1) is 16.4. The number of hydrogen-bond acceptors (Lipinski definition) is 2. The van der Waals surface area contributed by atoms with Crippen molar-refractivity contribution >= 4 is 0 Å². The largest absolute Gasteiger partial charge is 0.487 e. The smallest absolute Gasteiger partial charge is 0.124 e. The van der Waals surface area contributed by atoms with E-state index in [9.17, 15) is 5.11 Å². The third kappa shape index (κ3) is 3.79. The third-order valence-electron chi connectivity index (χ3n) is 4.35. The zero-order valence-corrected chi connectivity index (χ0v) is 14.4. The van der Waals surface area contributed by atoms with Crippen LogP contribution >= 0.6 is 0 Å². The van der Waals surface area contributed by atoms with Gasteiger partial charge in [0.25, 0.3) is 0 Å². The van der Waals surface area contributed by atoms with Crippen LogP contribution in [0.25, 0.3) is 0 Å². The van der Waals surface area contributed by atoms with E-state index in [1.165, 1.54) is 11.1 Å². The number of aliphatic hydroxyl groups is 1. The van der Waals surface area contributed by atoms with Crippen LogP contribution in [0.4, 0.5) is 0 Å². The van der Waals surface area contributed by atoms with E-state index in [-0.39, 0.29) is 23.0 Å². The van der Waals surface area contributed by atoms with Crippen molar-refractivity contribution in [1.29, 1.82) is 0 Å². The minimum atomic E-state index is -0.319. The van der Waals surface area contributed by atoms with Crippen LogP contribution in [0.1, 0.15) is 71.9 Å². The van der Waals surface area contributed by atoms with E-state index in [4.69, 9.17) is 4.74 Å². The second-order valence-electron chi connectivity index (χ2n) is 8.37. The first-order valence-corrected chi connectivity index (χ1v) is 8.09. The molecule has 0 amide bonds. The van der Waals surface area contributed by atoms with Crippen LogP contribution in [0.15, 0.2) is 18.2 Å². The fourth-order valence-electron chi connectivity index (χ4n) is 2.89. The Morgan fingerprint density at radius 2 is 1.67 bits per heavy atom. The van der Waals surface area contributed by atoms with Crippen LogP contribution in [0.2, 0.25) is 0 Å². The molecule has 1 fully saturated rings. The Balaban J connectivity index is 2.36. The van der Waals surface area contributed by atoms with Crippen molar-refractivity contribution in [3.05, 3.63) is 29.3 Å². The summed E-state index contributed by atoms with van der Waals surface area (Å²) < 4.78 is 6.16. The van der Waals surface area contributed by atoms with Crippen LogP contribution in [-0.2, 0) is 10.8 Å². The Kier molecular flexibility index (Phi) is 4.39. The zero-order valence-electron chi connectivity index (χ0n) is 14.4. The van der Waals surface area contributed by atoms with Gasteiger partial charge in [-0.25, -0.2) is 0 Å². The highest BCUT2D eigenvalue weighted by molar-refractivity contribution is 5.43. The Morgan fingerprint density at radius 1 is 1.00 bits per heavy atom. The van der Waals surface area contributed by atoms with Crippen molar-refractivity contribution in [1.82, 2.24) is 0 Å². The van der Waals surface area contributed by atoms with E-state index < -0.39 is 0 Å². The average molecular weight is 290 g/mol. The van der Waals surface area contributed by atoms with Gasteiger partial charge in [-0.3, -0.25) is 0 Å². The molecule has 2 nitrogen and oxygen atoms in total. The monoisotopic (exact) mass is 290 g/mol. The minimum absolute atomic E-state index is 0.0279. The normalized spacial score (nSPS) is 23.4. The van der Waals surface area contributed by atoms with Gasteiger partial charge in [0, 0.05) is 0 Å². The lowest BCUT2D eigenvalue weighted by atomic mass is 9.80. The van der Waals surface area contributed by atoms with Gasteiger partial charge in [0.2, 0.25) is 0 Å². The molecule has 1 aliphatic rings. The molecule has 1 aliphatic carbocycles. The number of aliphatic hydroxyl groups excluding tert-OH is 1. The highest BCUT2D eigenvalue weighted by Crippen LogP contribution is 2.37. The lowest BCUT2D eigenvalue weighted by Crippen LogP contribution is -2.27. The predicted octanol–water partition coefficient (Wildman–Crippen LogP) is 4.57. The summed E-state index contributed by atoms with van der Waals surface area (Å²) in [6.45, 7) is 13.3. The van der Waals surface area contributed by atoms with Gasteiger partial charge in [-0.15, -0.1) is 0 Å². The van der Waals surface area contributed by atoms with Crippen LogP contribution in [0.5, 0.6) is 5.75 Å². The fourth-order valence-corrected chi connectivity index (χ4v) is 2.89. The molecule has 0 aliphatic heterocycles. The molecule has 0 spiro atoms. The van der Waals surface area contributed by atoms with Gasteiger partial charge < -0.3 is 9.84 Å². The second-order valence-corrected chi connectivity index (χ2v) is 8.37. The predicted molar refractivity (Wildman–Crippen MR) is 88.1 cm³/mol. The van der Waals surface area contributed by atoms with Crippen LogP contribution in [-0.4, -0.2) is 17.3 Å². The highest BCUT2D eigenvalue weighted by Gasteiger charge is 2.29. The topological polar surface area (TPSA) is 29.5 Å². The van der Waals surface area contributed by atoms with E-state index >= 15 is 0 Å². The maximum Gasteiger partial charge on any atom is 0.124 e. The minimum Gasteiger partial charge on any atom is -0.487 e. The van der Waals surface area contributed by atoms with Gasteiger partial charge in [-0.05, 0) is 47.3 Å². The molecule has 1 aromatic carbocycles. The molecule has 118 valence electrons. The second kappa shape index (κ2) is 5.64. The van der Waals surface area contributed by atoms with Crippen LogP contribution < -0.4 is 4.74 Å². The summed E-state index contributed by atoms with van der Waals surface area (Å²) in [4.78, 5) is 0. The molecule has 2 atom stereocenters. The van der Waals surface area contributed by atoms with Crippen LogP contribution in [0, 0.1) is 0 Å². The third-order valence-corrected chi connectivity index (χ3v) is 4.35. The van der Waals surface area contributed by atoms with Gasteiger partial charge in [-0.1, -0.05) is 53.7 Å². The van der Waals surface area contributed by atoms with Crippen molar-refractivity contribution < 1.29 is 9.84 Å². The molecular formula is C19H30O2. The standard InChI is InChI=1S/C19H30O2/c1-18(2,3)13-10-11-16(14(12-13)19(4,5)6)21-17-9-7-8-15(17)20/h10-12,15,17,20H,7-9H2,1-6H3/t15-,17-/m0/s1. The summed E-state index contributed by atoms with van der Waals surface area (Å²) >= 11 is 0. The van der Waals surface area contributed by atoms with Gasteiger partial charge in [-0.2, -0.15) is 0 Å². The Bertz CT molecular complexity index is 491. The fraction of sp³-hybridized carbons (Fsp3) is 0.684. The molecule has 1 aromatic rings. The molecule has 0 heterocycles. The van der Waals surface area contributed by atoms with E-state index in [2.05, 4.69) is 59.7 Å². The summed E-state index contributed by atoms with van der Waals surface area (Å²) in [5.74, 6) is 0.932. The van der Waals surface area contributed by atoms with Crippen molar-refractivity contribution in [2.75, 3.05) is 0 Å². The number of rotatable bonds is 2. The molecule has 1 saturated carbocycles. The number of hydrogen-bond donors (Lipinski definition) is 1. The lowest BCUT2D eigenvalue weighted by molar-refractivity contribution is 0.0591. The van der Waals surface area contributed by atoms with E-state index in [0.29, 0.717) is 0 Å². The Morgan fingerprint density at radius 3 is 2.14 bits per heavy atom. The van der Waals surface area contributed by atoms with Crippen molar-refractivity contribution in [3.63, 3.8) is 0 Å². The van der Waals surface area contributed by atoms with E-state index in [0.717, 1.165) is 25.0 Å². The molecule has 2 heteroatoms. The molecule has 2 rings (SSSR count). The molecule has 21 heavy (non-hydrogen) atoms. The first-order valence-electron chi connectivity index (χ1n) is 8.09. The summed E-state index contributed by atoms with van der Waals surface area (Å²) in [6.07, 6.45) is 2.49. The molecule has 0 radical (unpaired) electrons. The number of ether oxygens (including phenoxy) is 1. The van der Waals surface area contributed by atoms with Crippen molar-refractivity contribution in [2.24, 2.45) is 0 Å². The molecular weight excluding hydrogens is 260 g/mol. The Labute approximate surface area is 129 Å².